The summed E-state index contributed by atoms with van der Waals surface area (Å²) in [6, 6.07) is 24.0. The van der Waals surface area contributed by atoms with Gasteiger partial charge in [0.25, 0.3) is 5.91 Å². The molecule has 1 fully saturated rings. The van der Waals surface area contributed by atoms with E-state index in [4.69, 9.17) is 9.47 Å². The minimum absolute atomic E-state index is 0.0293. The fraction of sp³-hybridized carbons (Fsp3) is 0.231. The quantitative estimate of drug-likeness (QED) is 0.362. The molecule has 166 valence electrons. The standard InChI is InChI=1S/C26H22N2O3S2/c29-25(28-13-14-30-24-19-5-1-3-7-22(19)31-15-21(24)28)18-11-9-17(10-12-18)16-32-26-27-20-6-2-4-8-23(20)33-26/h1-12,21,24H,13-16H2. The monoisotopic (exact) mass is 474 g/mol. The second-order valence-corrected chi connectivity index (χ2v) is 10.4. The second-order valence-electron chi connectivity index (χ2n) is 8.14. The Morgan fingerprint density at radius 3 is 2.76 bits per heavy atom. The van der Waals surface area contributed by atoms with Gasteiger partial charge < -0.3 is 14.4 Å². The predicted molar refractivity (Wildman–Crippen MR) is 131 cm³/mol. The molecule has 0 spiro atoms. The van der Waals surface area contributed by atoms with E-state index in [0.717, 1.165) is 26.9 Å². The zero-order valence-corrected chi connectivity index (χ0v) is 19.5. The van der Waals surface area contributed by atoms with Crippen molar-refractivity contribution in [2.75, 3.05) is 19.8 Å². The molecule has 2 atom stereocenters. The predicted octanol–water partition coefficient (Wildman–Crippen LogP) is 5.56. The van der Waals surface area contributed by atoms with Gasteiger partial charge in [-0.3, -0.25) is 4.79 Å². The van der Waals surface area contributed by atoms with Gasteiger partial charge in [-0.1, -0.05) is 54.2 Å². The topological polar surface area (TPSA) is 51.7 Å². The Balaban J connectivity index is 1.14. The Labute approximate surface area is 200 Å². The molecule has 0 saturated carbocycles. The first kappa shape index (κ1) is 20.7. The summed E-state index contributed by atoms with van der Waals surface area (Å²) in [7, 11) is 0. The van der Waals surface area contributed by atoms with Crippen LogP contribution in [0.5, 0.6) is 5.75 Å². The summed E-state index contributed by atoms with van der Waals surface area (Å²) in [6.45, 7) is 1.54. The number of fused-ring (bicyclic) bond motifs is 4. The zero-order valence-electron chi connectivity index (χ0n) is 17.8. The number of carbonyl (C=O) groups is 1. The lowest BCUT2D eigenvalue weighted by atomic mass is 9.95. The van der Waals surface area contributed by atoms with Crippen molar-refractivity contribution in [1.82, 2.24) is 9.88 Å². The van der Waals surface area contributed by atoms with Crippen molar-refractivity contribution in [2.45, 2.75) is 22.2 Å². The number of aromatic nitrogens is 1. The van der Waals surface area contributed by atoms with Gasteiger partial charge >= 0.3 is 0 Å². The number of carbonyl (C=O) groups excluding carboxylic acids is 1. The minimum Gasteiger partial charge on any atom is -0.491 e. The maximum absolute atomic E-state index is 13.4. The largest absolute Gasteiger partial charge is 0.491 e. The lowest BCUT2D eigenvalue weighted by Crippen LogP contribution is -2.54. The molecule has 33 heavy (non-hydrogen) atoms. The first-order valence-electron chi connectivity index (χ1n) is 11.0. The number of ether oxygens (including phenoxy) is 2. The van der Waals surface area contributed by atoms with Crippen molar-refractivity contribution in [3.8, 4) is 5.75 Å². The number of para-hydroxylation sites is 2. The summed E-state index contributed by atoms with van der Waals surface area (Å²) in [4.78, 5) is 20.0. The third kappa shape index (κ3) is 4.01. The van der Waals surface area contributed by atoms with E-state index < -0.39 is 0 Å². The van der Waals surface area contributed by atoms with Crippen molar-refractivity contribution in [3.05, 3.63) is 89.5 Å². The van der Waals surface area contributed by atoms with Crippen LogP contribution >= 0.6 is 23.1 Å². The van der Waals surface area contributed by atoms with Crippen molar-refractivity contribution >= 4 is 39.2 Å². The molecule has 3 heterocycles. The van der Waals surface area contributed by atoms with Crippen LogP contribution in [0.25, 0.3) is 10.2 Å². The molecule has 0 bridgehead atoms. The lowest BCUT2D eigenvalue weighted by Gasteiger charge is -2.44. The number of amides is 1. The van der Waals surface area contributed by atoms with Crippen LogP contribution in [-0.2, 0) is 10.5 Å². The number of thiazole rings is 1. The molecule has 7 heteroatoms. The van der Waals surface area contributed by atoms with E-state index in [9.17, 15) is 4.79 Å². The molecule has 1 saturated heterocycles. The van der Waals surface area contributed by atoms with E-state index in [1.165, 1.54) is 10.3 Å². The van der Waals surface area contributed by atoms with E-state index in [2.05, 4.69) is 11.1 Å². The van der Waals surface area contributed by atoms with Gasteiger partial charge in [-0.15, -0.1) is 11.3 Å². The van der Waals surface area contributed by atoms with Gasteiger partial charge in [0, 0.05) is 23.4 Å². The van der Waals surface area contributed by atoms with Gasteiger partial charge in [0.15, 0.2) is 4.34 Å². The van der Waals surface area contributed by atoms with E-state index in [-0.39, 0.29) is 18.1 Å². The van der Waals surface area contributed by atoms with Crippen LogP contribution in [0.1, 0.15) is 27.6 Å². The minimum atomic E-state index is -0.142. The van der Waals surface area contributed by atoms with Crippen LogP contribution in [0.3, 0.4) is 0 Å². The maximum Gasteiger partial charge on any atom is 0.254 e. The number of morpholine rings is 1. The first-order valence-corrected chi connectivity index (χ1v) is 12.8. The second kappa shape index (κ2) is 8.82. The molecule has 0 radical (unpaired) electrons. The summed E-state index contributed by atoms with van der Waals surface area (Å²) in [5, 5.41) is 0. The fourth-order valence-electron chi connectivity index (χ4n) is 4.43. The molecule has 2 aliphatic heterocycles. The summed E-state index contributed by atoms with van der Waals surface area (Å²) in [6.07, 6.45) is -0.142. The first-order chi connectivity index (χ1) is 16.3. The third-order valence-corrected chi connectivity index (χ3v) is 8.36. The van der Waals surface area contributed by atoms with Gasteiger partial charge in [-0.25, -0.2) is 4.98 Å². The third-order valence-electron chi connectivity index (χ3n) is 6.11. The number of thioether (sulfide) groups is 1. The number of hydrogen-bond donors (Lipinski definition) is 0. The van der Waals surface area contributed by atoms with Crippen LogP contribution in [0, 0.1) is 0 Å². The van der Waals surface area contributed by atoms with Crippen LogP contribution in [0.2, 0.25) is 0 Å². The molecule has 5 nitrogen and oxygen atoms in total. The summed E-state index contributed by atoms with van der Waals surface area (Å²) >= 11 is 3.45. The average Bonchev–Trinajstić information content (AvgIpc) is 3.30. The molecule has 1 amide bonds. The SMILES string of the molecule is O=C(c1ccc(CSc2nc3ccccc3s2)cc1)N1CCOC2c3ccccc3OCC21. The highest BCUT2D eigenvalue weighted by atomic mass is 32.2. The molecule has 1 aromatic heterocycles. The van der Waals surface area contributed by atoms with Crippen LogP contribution in [-0.4, -0.2) is 41.6 Å². The van der Waals surface area contributed by atoms with Gasteiger partial charge in [0.2, 0.25) is 0 Å². The summed E-state index contributed by atoms with van der Waals surface area (Å²) in [5.74, 6) is 1.70. The highest BCUT2D eigenvalue weighted by molar-refractivity contribution is 8.00. The summed E-state index contributed by atoms with van der Waals surface area (Å²) in [5.41, 5.74) is 3.94. The van der Waals surface area contributed by atoms with Crippen LogP contribution in [0.4, 0.5) is 0 Å². The van der Waals surface area contributed by atoms with E-state index in [1.807, 2.05) is 71.6 Å². The Kier molecular flexibility index (Phi) is 5.54. The number of benzene rings is 3. The molecule has 0 N–H and O–H groups in total. The number of hydrogen-bond acceptors (Lipinski definition) is 6. The Bertz CT molecular complexity index is 1270. The van der Waals surface area contributed by atoms with E-state index in [0.29, 0.717) is 25.3 Å². The Morgan fingerprint density at radius 1 is 1.06 bits per heavy atom. The normalized spacial score (nSPS) is 19.6. The van der Waals surface area contributed by atoms with Gasteiger partial charge in [-0.05, 0) is 35.9 Å². The molecule has 3 aromatic carbocycles. The zero-order chi connectivity index (χ0) is 22.2. The average molecular weight is 475 g/mol. The molecule has 4 aromatic rings. The number of rotatable bonds is 4. The highest BCUT2D eigenvalue weighted by Crippen LogP contribution is 2.39. The molecule has 6 rings (SSSR count). The molecular formula is C26H22N2O3S2. The maximum atomic E-state index is 13.4. The fourth-order valence-corrected chi connectivity index (χ4v) is 6.46. The van der Waals surface area contributed by atoms with E-state index in [1.54, 1.807) is 23.1 Å². The molecule has 2 aliphatic rings. The van der Waals surface area contributed by atoms with Crippen molar-refractivity contribution in [3.63, 3.8) is 0 Å². The van der Waals surface area contributed by atoms with Gasteiger partial charge in [-0.2, -0.15) is 0 Å². The highest BCUT2D eigenvalue weighted by Gasteiger charge is 2.40. The molecular weight excluding hydrogens is 452 g/mol. The summed E-state index contributed by atoms with van der Waals surface area (Å²) < 4.78 is 14.3. The van der Waals surface area contributed by atoms with Crippen molar-refractivity contribution < 1.29 is 14.3 Å². The van der Waals surface area contributed by atoms with Crippen molar-refractivity contribution in [1.29, 1.82) is 0 Å². The van der Waals surface area contributed by atoms with Crippen LogP contribution < -0.4 is 4.74 Å². The van der Waals surface area contributed by atoms with E-state index >= 15 is 0 Å². The van der Waals surface area contributed by atoms with Gasteiger partial charge in [0.1, 0.15) is 18.5 Å². The Hall–Kier alpha value is -2.87. The van der Waals surface area contributed by atoms with Crippen LogP contribution in [0.15, 0.2) is 77.1 Å². The molecule has 2 unspecified atom stereocenters. The lowest BCUT2D eigenvalue weighted by molar-refractivity contribution is -0.0826. The number of nitrogens with zero attached hydrogens (tertiary/aromatic N) is 2. The smallest absolute Gasteiger partial charge is 0.254 e. The Morgan fingerprint density at radius 2 is 1.88 bits per heavy atom. The molecule has 0 aliphatic carbocycles. The van der Waals surface area contributed by atoms with Gasteiger partial charge in [0.05, 0.1) is 22.9 Å². The van der Waals surface area contributed by atoms with Crippen molar-refractivity contribution in [2.24, 2.45) is 0 Å².